The first-order chi connectivity index (χ1) is 8.65. The van der Waals surface area contributed by atoms with Gasteiger partial charge in [0, 0.05) is 20.0 Å². The molecule has 0 saturated carbocycles. The molecule has 94 valence electrons. The monoisotopic (exact) mass is 246 g/mol. The molecule has 0 aliphatic carbocycles. The molecular formula is C13H14N2O3. The van der Waals surface area contributed by atoms with E-state index in [1.165, 1.54) is 4.90 Å². The summed E-state index contributed by atoms with van der Waals surface area (Å²) in [7, 11) is 1.56. The molecule has 3 amide bonds. The van der Waals surface area contributed by atoms with Gasteiger partial charge in [-0.1, -0.05) is 12.1 Å². The zero-order valence-electron chi connectivity index (χ0n) is 10.1. The lowest BCUT2D eigenvalue weighted by molar-refractivity contribution is -0.120. The van der Waals surface area contributed by atoms with Gasteiger partial charge in [-0.2, -0.15) is 0 Å². The van der Waals surface area contributed by atoms with Crippen LogP contribution >= 0.6 is 0 Å². The minimum Gasteiger partial charge on any atom is -0.359 e. The van der Waals surface area contributed by atoms with E-state index in [4.69, 9.17) is 0 Å². The van der Waals surface area contributed by atoms with Crippen LogP contribution in [0.5, 0.6) is 0 Å². The Bertz CT molecular complexity index is 476. The Kier molecular flexibility index (Phi) is 3.41. The van der Waals surface area contributed by atoms with Crippen molar-refractivity contribution in [1.82, 2.24) is 10.2 Å². The van der Waals surface area contributed by atoms with E-state index < -0.39 is 0 Å². The van der Waals surface area contributed by atoms with Crippen molar-refractivity contribution in [3.05, 3.63) is 35.4 Å². The van der Waals surface area contributed by atoms with E-state index in [1.54, 1.807) is 31.3 Å². The van der Waals surface area contributed by atoms with Crippen molar-refractivity contribution in [1.29, 1.82) is 0 Å². The Hall–Kier alpha value is -2.17. The summed E-state index contributed by atoms with van der Waals surface area (Å²) in [6, 6.07) is 6.76. The molecule has 5 heteroatoms. The molecule has 0 bridgehead atoms. The molecule has 1 aliphatic heterocycles. The van der Waals surface area contributed by atoms with Crippen molar-refractivity contribution >= 4 is 17.7 Å². The molecule has 18 heavy (non-hydrogen) atoms. The fraction of sp³-hybridized carbons (Fsp3) is 0.308. The lowest BCUT2D eigenvalue weighted by atomic mass is 10.1. The Morgan fingerprint density at radius 2 is 1.72 bits per heavy atom. The molecule has 2 rings (SSSR count). The summed E-state index contributed by atoms with van der Waals surface area (Å²) in [4.78, 5) is 36.2. The van der Waals surface area contributed by atoms with Crippen LogP contribution in [0.3, 0.4) is 0 Å². The first-order valence-corrected chi connectivity index (χ1v) is 5.81. The zero-order valence-corrected chi connectivity index (χ0v) is 10.1. The summed E-state index contributed by atoms with van der Waals surface area (Å²) in [5.74, 6) is -0.633. The zero-order chi connectivity index (χ0) is 13.1. The minimum absolute atomic E-state index is 0.0911. The number of hydrogen-bond donors (Lipinski definition) is 1. The van der Waals surface area contributed by atoms with Crippen LogP contribution in [0.4, 0.5) is 0 Å². The van der Waals surface area contributed by atoms with Gasteiger partial charge in [0.25, 0.3) is 11.8 Å². The largest absolute Gasteiger partial charge is 0.359 e. The Morgan fingerprint density at radius 3 is 2.22 bits per heavy atom. The molecule has 1 aliphatic rings. The molecule has 1 heterocycles. The van der Waals surface area contributed by atoms with E-state index in [0.29, 0.717) is 24.0 Å². The highest BCUT2D eigenvalue weighted by atomic mass is 16.2. The van der Waals surface area contributed by atoms with Crippen LogP contribution in [0.1, 0.15) is 33.6 Å². The Morgan fingerprint density at radius 1 is 1.17 bits per heavy atom. The minimum atomic E-state index is -0.271. The highest BCUT2D eigenvalue weighted by Crippen LogP contribution is 2.22. The van der Waals surface area contributed by atoms with Gasteiger partial charge in [-0.15, -0.1) is 0 Å². The van der Waals surface area contributed by atoms with Gasteiger partial charge in [-0.3, -0.25) is 19.3 Å². The third-order valence-corrected chi connectivity index (χ3v) is 2.94. The van der Waals surface area contributed by atoms with E-state index in [2.05, 4.69) is 5.32 Å². The number of nitrogens with zero attached hydrogens (tertiary/aromatic N) is 1. The summed E-state index contributed by atoms with van der Waals surface area (Å²) in [6.07, 6.45) is 0.787. The smallest absolute Gasteiger partial charge is 0.261 e. The second kappa shape index (κ2) is 5.00. The maximum atomic E-state index is 12.0. The number of benzene rings is 1. The molecule has 1 aromatic rings. The summed E-state index contributed by atoms with van der Waals surface area (Å²) < 4.78 is 0. The lowest BCUT2D eigenvalue weighted by Crippen LogP contribution is -2.31. The van der Waals surface area contributed by atoms with E-state index in [-0.39, 0.29) is 24.3 Å². The molecular weight excluding hydrogens is 232 g/mol. The highest BCUT2D eigenvalue weighted by Gasteiger charge is 2.34. The fourth-order valence-corrected chi connectivity index (χ4v) is 1.96. The number of carbonyl (C=O) groups is 3. The van der Waals surface area contributed by atoms with Gasteiger partial charge in [-0.05, 0) is 18.6 Å². The highest BCUT2D eigenvalue weighted by molar-refractivity contribution is 6.21. The first-order valence-electron chi connectivity index (χ1n) is 5.81. The van der Waals surface area contributed by atoms with Crippen LogP contribution in [-0.4, -0.2) is 36.2 Å². The maximum absolute atomic E-state index is 12.0. The predicted molar refractivity (Wildman–Crippen MR) is 65.1 cm³/mol. The molecule has 0 aromatic heterocycles. The van der Waals surface area contributed by atoms with Crippen LogP contribution in [0.2, 0.25) is 0 Å². The van der Waals surface area contributed by atoms with E-state index in [9.17, 15) is 14.4 Å². The van der Waals surface area contributed by atoms with Crippen LogP contribution in [0.15, 0.2) is 24.3 Å². The lowest BCUT2D eigenvalue weighted by Gasteiger charge is -2.12. The standard InChI is InChI=1S/C13H14N2O3/c1-14-11(16)7-4-8-15-12(17)9-5-2-3-6-10(9)13(15)18/h2-3,5-6H,4,7-8H2,1H3,(H,14,16). The molecule has 0 saturated heterocycles. The molecule has 1 aromatic carbocycles. The first kappa shape index (κ1) is 12.3. The molecule has 0 radical (unpaired) electrons. The maximum Gasteiger partial charge on any atom is 0.261 e. The molecule has 1 N–H and O–H groups in total. The average molecular weight is 246 g/mol. The average Bonchev–Trinajstić information content (AvgIpc) is 2.64. The Labute approximate surface area is 105 Å². The van der Waals surface area contributed by atoms with Gasteiger partial charge in [0.15, 0.2) is 0 Å². The van der Waals surface area contributed by atoms with Crippen molar-refractivity contribution in [2.24, 2.45) is 0 Å². The second-order valence-corrected chi connectivity index (χ2v) is 4.08. The van der Waals surface area contributed by atoms with Crippen molar-refractivity contribution in [2.75, 3.05) is 13.6 Å². The second-order valence-electron chi connectivity index (χ2n) is 4.08. The summed E-state index contributed by atoms with van der Waals surface area (Å²) in [6.45, 7) is 0.278. The number of fused-ring (bicyclic) bond motifs is 1. The van der Waals surface area contributed by atoms with Crippen LogP contribution in [-0.2, 0) is 4.79 Å². The van der Waals surface area contributed by atoms with Crippen LogP contribution in [0.25, 0.3) is 0 Å². The predicted octanol–water partition coefficient (Wildman–Crippen LogP) is 0.809. The molecule has 0 fully saturated rings. The molecule has 0 unspecified atom stereocenters. The quantitative estimate of drug-likeness (QED) is 0.799. The van der Waals surface area contributed by atoms with E-state index in [0.717, 1.165) is 0 Å². The van der Waals surface area contributed by atoms with Crippen LogP contribution < -0.4 is 5.32 Å². The normalized spacial score (nSPS) is 13.7. The van der Waals surface area contributed by atoms with E-state index >= 15 is 0 Å². The van der Waals surface area contributed by atoms with Gasteiger partial charge in [0.05, 0.1) is 11.1 Å². The Balaban J connectivity index is 2.03. The summed E-state index contributed by atoms with van der Waals surface area (Å²) >= 11 is 0. The third-order valence-electron chi connectivity index (χ3n) is 2.94. The van der Waals surface area contributed by atoms with E-state index in [1.807, 2.05) is 0 Å². The third kappa shape index (κ3) is 2.11. The molecule has 0 atom stereocenters. The van der Waals surface area contributed by atoms with Gasteiger partial charge in [0.1, 0.15) is 0 Å². The summed E-state index contributed by atoms with van der Waals surface area (Å²) in [5.41, 5.74) is 0.893. The SMILES string of the molecule is CNC(=O)CCCN1C(=O)c2ccccc2C1=O. The number of hydrogen-bond acceptors (Lipinski definition) is 3. The molecule has 0 spiro atoms. The van der Waals surface area contributed by atoms with Gasteiger partial charge in [0.2, 0.25) is 5.91 Å². The van der Waals surface area contributed by atoms with Crippen molar-refractivity contribution in [3.8, 4) is 0 Å². The van der Waals surface area contributed by atoms with Crippen LogP contribution in [0, 0.1) is 0 Å². The molecule has 5 nitrogen and oxygen atoms in total. The fourth-order valence-electron chi connectivity index (χ4n) is 1.96. The number of nitrogens with one attached hydrogen (secondary N) is 1. The number of imide groups is 1. The van der Waals surface area contributed by atoms with Crippen molar-refractivity contribution in [3.63, 3.8) is 0 Å². The van der Waals surface area contributed by atoms with Gasteiger partial charge < -0.3 is 5.32 Å². The number of rotatable bonds is 4. The van der Waals surface area contributed by atoms with Gasteiger partial charge >= 0.3 is 0 Å². The van der Waals surface area contributed by atoms with Crippen molar-refractivity contribution in [2.45, 2.75) is 12.8 Å². The summed E-state index contributed by atoms with van der Waals surface area (Å²) in [5, 5.41) is 2.50. The topological polar surface area (TPSA) is 66.5 Å². The number of amides is 3. The van der Waals surface area contributed by atoms with Gasteiger partial charge in [-0.25, -0.2) is 0 Å². The van der Waals surface area contributed by atoms with Crippen molar-refractivity contribution < 1.29 is 14.4 Å². The number of carbonyl (C=O) groups excluding carboxylic acids is 3.